The number of nitrogens with two attached hydrogens (primary N) is 1. The van der Waals surface area contributed by atoms with Crippen molar-refractivity contribution in [1.82, 2.24) is 14.7 Å². The number of ether oxygens (including phenoxy) is 1. The molecule has 2 N–H and O–H groups in total. The summed E-state index contributed by atoms with van der Waals surface area (Å²) in [5, 5.41) is 4.14. The number of anilines is 1. The lowest BCUT2D eigenvalue weighted by Gasteiger charge is -2.19. The van der Waals surface area contributed by atoms with Gasteiger partial charge in [0, 0.05) is 26.4 Å². The number of nitrogen functional groups attached to an aromatic ring is 1. The van der Waals surface area contributed by atoms with Gasteiger partial charge < -0.3 is 10.5 Å². The summed E-state index contributed by atoms with van der Waals surface area (Å²) in [6.07, 6.45) is 3.52. The largest absolute Gasteiger partial charge is 0.396 e. The zero-order valence-electron chi connectivity index (χ0n) is 9.52. The van der Waals surface area contributed by atoms with E-state index in [1.54, 1.807) is 13.3 Å². The summed E-state index contributed by atoms with van der Waals surface area (Å²) in [5.74, 6) is 0. The van der Waals surface area contributed by atoms with Crippen molar-refractivity contribution in [3.63, 3.8) is 0 Å². The molecule has 0 spiro atoms. The highest BCUT2D eigenvalue weighted by molar-refractivity contribution is 5.30. The number of hydrogen-bond donors (Lipinski definition) is 1. The molecule has 1 rings (SSSR count). The summed E-state index contributed by atoms with van der Waals surface area (Å²) in [4.78, 5) is 2.32. The van der Waals surface area contributed by atoms with E-state index in [2.05, 4.69) is 16.9 Å². The summed E-state index contributed by atoms with van der Waals surface area (Å²) in [5.41, 5.74) is 6.30. The molecule has 5 heteroatoms. The van der Waals surface area contributed by atoms with Gasteiger partial charge in [0.2, 0.25) is 0 Å². The van der Waals surface area contributed by atoms with Gasteiger partial charge in [-0.05, 0) is 6.54 Å². The van der Waals surface area contributed by atoms with Crippen molar-refractivity contribution < 1.29 is 4.74 Å². The number of rotatable bonds is 7. The van der Waals surface area contributed by atoms with Gasteiger partial charge in [-0.25, -0.2) is 0 Å². The van der Waals surface area contributed by atoms with Gasteiger partial charge in [0.1, 0.15) is 0 Å². The molecule has 0 fully saturated rings. The SMILES string of the molecule is CCN(CCOC)CCn1cc(N)cn1. The summed E-state index contributed by atoms with van der Waals surface area (Å²) in [6.45, 7) is 6.75. The molecule has 0 aliphatic rings. The van der Waals surface area contributed by atoms with Crippen LogP contribution in [0.2, 0.25) is 0 Å². The first kappa shape index (κ1) is 12.0. The maximum absolute atomic E-state index is 5.58. The fourth-order valence-electron chi connectivity index (χ4n) is 1.39. The normalized spacial score (nSPS) is 11.1. The molecule has 1 aromatic heterocycles. The lowest BCUT2D eigenvalue weighted by atomic mass is 10.4. The van der Waals surface area contributed by atoms with Crippen LogP contribution in [0, 0.1) is 0 Å². The molecule has 0 aliphatic heterocycles. The third kappa shape index (κ3) is 4.31. The van der Waals surface area contributed by atoms with Crippen LogP contribution in [0.3, 0.4) is 0 Å². The molecule has 1 aromatic rings. The first-order chi connectivity index (χ1) is 7.26. The lowest BCUT2D eigenvalue weighted by molar-refractivity contribution is 0.148. The fourth-order valence-corrected chi connectivity index (χ4v) is 1.39. The van der Waals surface area contributed by atoms with Gasteiger partial charge in [0.25, 0.3) is 0 Å². The van der Waals surface area contributed by atoms with Gasteiger partial charge >= 0.3 is 0 Å². The molecular formula is C10H20N4O. The second-order valence-corrected chi connectivity index (χ2v) is 3.46. The van der Waals surface area contributed by atoms with E-state index in [0.29, 0.717) is 0 Å². The quantitative estimate of drug-likeness (QED) is 0.712. The number of methoxy groups -OCH3 is 1. The van der Waals surface area contributed by atoms with Gasteiger partial charge in [0.05, 0.1) is 25.0 Å². The van der Waals surface area contributed by atoms with E-state index in [0.717, 1.165) is 38.5 Å². The highest BCUT2D eigenvalue weighted by Crippen LogP contribution is 1.98. The van der Waals surface area contributed by atoms with Gasteiger partial charge in [-0.2, -0.15) is 5.10 Å². The summed E-state index contributed by atoms with van der Waals surface area (Å²) in [6, 6.07) is 0. The van der Waals surface area contributed by atoms with E-state index in [9.17, 15) is 0 Å². The van der Waals surface area contributed by atoms with Crippen molar-refractivity contribution in [3.05, 3.63) is 12.4 Å². The van der Waals surface area contributed by atoms with Crippen LogP contribution in [-0.4, -0.2) is 48.0 Å². The maximum atomic E-state index is 5.58. The second-order valence-electron chi connectivity index (χ2n) is 3.46. The Hall–Kier alpha value is -1.07. The minimum atomic E-state index is 0.718. The molecule has 0 aromatic carbocycles. The first-order valence-electron chi connectivity index (χ1n) is 5.25. The predicted octanol–water partition coefficient (Wildman–Crippen LogP) is 0.434. The average molecular weight is 212 g/mol. The van der Waals surface area contributed by atoms with E-state index < -0.39 is 0 Å². The molecule has 5 nitrogen and oxygen atoms in total. The maximum Gasteiger partial charge on any atom is 0.0719 e. The van der Waals surface area contributed by atoms with Crippen molar-refractivity contribution in [2.75, 3.05) is 39.1 Å². The molecule has 0 atom stereocenters. The van der Waals surface area contributed by atoms with Crippen LogP contribution in [0.25, 0.3) is 0 Å². The molecule has 0 unspecified atom stereocenters. The Kier molecular flexibility index (Phi) is 5.14. The Morgan fingerprint density at radius 2 is 2.33 bits per heavy atom. The van der Waals surface area contributed by atoms with Crippen molar-refractivity contribution >= 4 is 5.69 Å². The zero-order valence-corrected chi connectivity index (χ0v) is 9.52. The van der Waals surface area contributed by atoms with Gasteiger partial charge in [0.15, 0.2) is 0 Å². The van der Waals surface area contributed by atoms with E-state index in [4.69, 9.17) is 10.5 Å². The first-order valence-corrected chi connectivity index (χ1v) is 5.25. The lowest BCUT2D eigenvalue weighted by Crippen LogP contribution is -2.30. The Balaban J connectivity index is 2.27. The second kappa shape index (κ2) is 6.42. The molecular weight excluding hydrogens is 192 g/mol. The summed E-state index contributed by atoms with van der Waals surface area (Å²) >= 11 is 0. The van der Waals surface area contributed by atoms with Crippen LogP contribution in [0.15, 0.2) is 12.4 Å². The molecule has 0 amide bonds. The van der Waals surface area contributed by atoms with Crippen LogP contribution < -0.4 is 5.73 Å². The molecule has 0 aliphatic carbocycles. The van der Waals surface area contributed by atoms with Crippen LogP contribution in [0.1, 0.15) is 6.92 Å². The molecule has 86 valence electrons. The highest BCUT2D eigenvalue weighted by atomic mass is 16.5. The number of likely N-dealkylation sites (N-methyl/N-ethyl adjacent to an activating group) is 1. The monoisotopic (exact) mass is 212 g/mol. The average Bonchev–Trinajstić information content (AvgIpc) is 2.65. The molecule has 0 saturated carbocycles. The van der Waals surface area contributed by atoms with Gasteiger partial charge in [-0.15, -0.1) is 0 Å². The standard InChI is InChI=1S/C10H20N4O/c1-3-13(6-7-15-2)4-5-14-9-10(11)8-12-14/h8-9H,3-7,11H2,1-2H3. The van der Waals surface area contributed by atoms with Crippen LogP contribution in [0.5, 0.6) is 0 Å². The van der Waals surface area contributed by atoms with E-state index in [1.165, 1.54) is 0 Å². The van der Waals surface area contributed by atoms with Crippen LogP contribution >= 0.6 is 0 Å². The van der Waals surface area contributed by atoms with Gasteiger partial charge in [-0.3, -0.25) is 9.58 Å². The fraction of sp³-hybridized carbons (Fsp3) is 0.700. The Morgan fingerprint density at radius 3 is 2.87 bits per heavy atom. The molecule has 15 heavy (non-hydrogen) atoms. The van der Waals surface area contributed by atoms with E-state index >= 15 is 0 Å². The Labute approximate surface area is 90.8 Å². The van der Waals surface area contributed by atoms with Crippen molar-refractivity contribution in [3.8, 4) is 0 Å². The smallest absolute Gasteiger partial charge is 0.0719 e. The third-order valence-electron chi connectivity index (χ3n) is 2.36. The van der Waals surface area contributed by atoms with E-state index in [1.807, 2.05) is 10.9 Å². The molecule has 0 saturated heterocycles. The number of aromatic nitrogens is 2. The number of hydrogen-bond acceptors (Lipinski definition) is 4. The molecule has 0 bridgehead atoms. The summed E-state index contributed by atoms with van der Waals surface area (Å²) < 4.78 is 6.91. The Morgan fingerprint density at radius 1 is 1.53 bits per heavy atom. The summed E-state index contributed by atoms with van der Waals surface area (Å²) in [7, 11) is 1.72. The van der Waals surface area contributed by atoms with Crippen LogP contribution in [0.4, 0.5) is 5.69 Å². The zero-order chi connectivity index (χ0) is 11.1. The van der Waals surface area contributed by atoms with Gasteiger partial charge in [-0.1, -0.05) is 6.92 Å². The van der Waals surface area contributed by atoms with E-state index in [-0.39, 0.29) is 0 Å². The van der Waals surface area contributed by atoms with Crippen molar-refractivity contribution in [2.24, 2.45) is 0 Å². The minimum absolute atomic E-state index is 0.718. The topological polar surface area (TPSA) is 56.3 Å². The van der Waals surface area contributed by atoms with Crippen LogP contribution in [-0.2, 0) is 11.3 Å². The Bertz CT molecular complexity index is 274. The number of nitrogens with zero attached hydrogens (tertiary/aromatic N) is 3. The minimum Gasteiger partial charge on any atom is -0.396 e. The van der Waals surface area contributed by atoms with Crippen molar-refractivity contribution in [2.45, 2.75) is 13.5 Å². The van der Waals surface area contributed by atoms with Crippen molar-refractivity contribution in [1.29, 1.82) is 0 Å². The highest BCUT2D eigenvalue weighted by Gasteiger charge is 2.02. The molecule has 1 heterocycles. The predicted molar refractivity (Wildman–Crippen MR) is 60.6 cm³/mol. The molecule has 0 radical (unpaired) electrons. The third-order valence-corrected chi connectivity index (χ3v) is 2.36.